The number of aromatic nitrogens is 1. The molecule has 0 aromatic carbocycles. The molecule has 1 fully saturated rings. The van der Waals surface area contributed by atoms with Gasteiger partial charge in [0.15, 0.2) is 0 Å². The molecule has 1 aliphatic heterocycles. The second kappa shape index (κ2) is 6.76. The van der Waals surface area contributed by atoms with E-state index >= 15 is 0 Å². The number of amides is 1. The first-order chi connectivity index (χ1) is 9.49. The van der Waals surface area contributed by atoms with E-state index in [9.17, 15) is 4.79 Å². The number of rotatable bonds is 5. The van der Waals surface area contributed by atoms with Crippen molar-refractivity contribution in [1.29, 1.82) is 0 Å². The minimum Gasteiger partial charge on any atom is -0.340 e. The molecule has 1 aliphatic rings. The Balaban J connectivity index is 1.98. The fraction of sp³-hybridized carbons (Fsp3) is 0.667. The molecular weight excluding hydrogens is 318 g/mol. The minimum atomic E-state index is 0.101. The number of likely N-dealkylation sites (N-methyl/N-ethyl adjacent to an activating group) is 1. The van der Waals surface area contributed by atoms with Crippen molar-refractivity contribution in [1.82, 2.24) is 14.4 Å². The van der Waals surface area contributed by atoms with Gasteiger partial charge in [-0.3, -0.25) is 4.79 Å². The van der Waals surface area contributed by atoms with Gasteiger partial charge >= 0.3 is 0 Å². The highest BCUT2D eigenvalue weighted by Gasteiger charge is 2.19. The summed E-state index contributed by atoms with van der Waals surface area (Å²) >= 11 is 3.46. The Labute approximate surface area is 129 Å². The van der Waals surface area contributed by atoms with Crippen LogP contribution >= 0.6 is 15.9 Å². The van der Waals surface area contributed by atoms with Crippen molar-refractivity contribution < 1.29 is 4.79 Å². The van der Waals surface area contributed by atoms with Gasteiger partial charge < -0.3 is 14.4 Å². The van der Waals surface area contributed by atoms with E-state index in [4.69, 9.17) is 0 Å². The van der Waals surface area contributed by atoms with Gasteiger partial charge in [0, 0.05) is 36.8 Å². The van der Waals surface area contributed by atoms with Gasteiger partial charge in [0.1, 0.15) is 5.69 Å². The first-order valence-corrected chi connectivity index (χ1v) is 8.13. The average Bonchev–Trinajstić information content (AvgIpc) is 3.03. The van der Waals surface area contributed by atoms with Gasteiger partial charge in [-0.25, -0.2) is 0 Å². The summed E-state index contributed by atoms with van der Waals surface area (Å²) in [5.41, 5.74) is 0.760. The predicted molar refractivity (Wildman–Crippen MR) is 85.2 cm³/mol. The predicted octanol–water partition coefficient (Wildman–Crippen LogP) is 3.00. The normalized spacial score (nSPS) is 16.1. The van der Waals surface area contributed by atoms with Crippen LogP contribution in [-0.2, 0) is 0 Å². The van der Waals surface area contributed by atoms with Gasteiger partial charge in [0.2, 0.25) is 0 Å². The van der Waals surface area contributed by atoms with Gasteiger partial charge in [-0.05, 0) is 61.8 Å². The maximum Gasteiger partial charge on any atom is 0.270 e. The van der Waals surface area contributed by atoms with Gasteiger partial charge in [-0.1, -0.05) is 0 Å². The third-order valence-electron chi connectivity index (χ3n) is 3.89. The van der Waals surface area contributed by atoms with Crippen molar-refractivity contribution in [3.8, 4) is 0 Å². The van der Waals surface area contributed by atoms with Gasteiger partial charge in [-0.2, -0.15) is 0 Å². The lowest BCUT2D eigenvalue weighted by molar-refractivity contribution is 0.0770. The zero-order valence-electron chi connectivity index (χ0n) is 12.6. The summed E-state index contributed by atoms with van der Waals surface area (Å²) in [6.45, 7) is 8.30. The van der Waals surface area contributed by atoms with Crippen molar-refractivity contribution in [2.24, 2.45) is 0 Å². The van der Waals surface area contributed by atoms with E-state index in [1.54, 1.807) is 0 Å². The van der Waals surface area contributed by atoms with Crippen LogP contribution in [0.4, 0.5) is 0 Å². The molecule has 0 atom stereocenters. The first kappa shape index (κ1) is 15.6. The highest BCUT2D eigenvalue weighted by molar-refractivity contribution is 9.10. The van der Waals surface area contributed by atoms with Crippen molar-refractivity contribution in [2.75, 3.05) is 33.2 Å². The molecule has 112 valence electrons. The zero-order chi connectivity index (χ0) is 14.7. The Morgan fingerprint density at radius 1 is 1.40 bits per heavy atom. The summed E-state index contributed by atoms with van der Waals surface area (Å²) in [4.78, 5) is 16.8. The SMILES string of the molecule is CC(C)n1cc(Br)cc1C(=O)N(C)CCN1CCCC1. The summed E-state index contributed by atoms with van der Waals surface area (Å²) in [6, 6.07) is 2.20. The van der Waals surface area contributed by atoms with Crippen molar-refractivity contribution in [3.63, 3.8) is 0 Å². The maximum absolute atomic E-state index is 12.6. The lowest BCUT2D eigenvalue weighted by Gasteiger charge is -2.22. The Bertz CT molecular complexity index is 464. The molecule has 0 N–H and O–H groups in total. The van der Waals surface area contributed by atoms with Crippen molar-refractivity contribution >= 4 is 21.8 Å². The number of hydrogen-bond donors (Lipinski definition) is 0. The van der Waals surface area contributed by atoms with Crippen LogP contribution in [0.25, 0.3) is 0 Å². The molecule has 0 aliphatic carbocycles. The van der Waals surface area contributed by atoms with E-state index in [0.717, 1.165) is 23.3 Å². The van der Waals surface area contributed by atoms with Crippen LogP contribution < -0.4 is 0 Å². The lowest BCUT2D eigenvalue weighted by Crippen LogP contribution is -2.36. The highest BCUT2D eigenvalue weighted by Crippen LogP contribution is 2.20. The summed E-state index contributed by atoms with van der Waals surface area (Å²) in [5.74, 6) is 0.101. The Morgan fingerprint density at radius 2 is 2.05 bits per heavy atom. The first-order valence-electron chi connectivity index (χ1n) is 7.34. The molecule has 1 aromatic rings. The zero-order valence-corrected chi connectivity index (χ0v) is 14.2. The van der Waals surface area contributed by atoms with E-state index in [1.807, 2.05) is 28.8 Å². The number of carbonyl (C=O) groups excluding carboxylic acids is 1. The molecule has 4 nitrogen and oxygen atoms in total. The van der Waals surface area contributed by atoms with Crippen LogP contribution in [0, 0.1) is 0 Å². The topological polar surface area (TPSA) is 28.5 Å². The Morgan fingerprint density at radius 3 is 2.65 bits per heavy atom. The van der Waals surface area contributed by atoms with Crippen LogP contribution in [0.15, 0.2) is 16.7 Å². The lowest BCUT2D eigenvalue weighted by atomic mass is 10.3. The van der Waals surface area contributed by atoms with E-state index in [1.165, 1.54) is 25.9 Å². The van der Waals surface area contributed by atoms with E-state index in [2.05, 4.69) is 34.7 Å². The number of nitrogens with zero attached hydrogens (tertiary/aromatic N) is 3. The molecule has 1 saturated heterocycles. The average molecular weight is 342 g/mol. The third kappa shape index (κ3) is 3.64. The van der Waals surface area contributed by atoms with Crippen molar-refractivity contribution in [2.45, 2.75) is 32.7 Å². The van der Waals surface area contributed by atoms with Gasteiger partial charge in [0.05, 0.1) is 0 Å². The fourth-order valence-electron chi connectivity index (χ4n) is 2.64. The molecular formula is C15H24BrN3O. The van der Waals surface area contributed by atoms with Crippen molar-refractivity contribution in [3.05, 3.63) is 22.4 Å². The number of halogens is 1. The summed E-state index contributed by atoms with van der Waals surface area (Å²) in [6.07, 6.45) is 4.56. The number of likely N-dealkylation sites (tertiary alicyclic amines) is 1. The van der Waals surface area contributed by atoms with Crippen LogP contribution in [0.1, 0.15) is 43.2 Å². The van der Waals surface area contributed by atoms with Crippen LogP contribution in [-0.4, -0.2) is 53.5 Å². The monoisotopic (exact) mass is 341 g/mol. The highest BCUT2D eigenvalue weighted by atomic mass is 79.9. The molecule has 2 rings (SSSR count). The van der Waals surface area contributed by atoms with E-state index < -0.39 is 0 Å². The van der Waals surface area contributed by atoms with Gasteiger partial charge in [0.25, 0.3) is 5.91 Å². The molecule has 20 heavy (non-hydrogen) atoms. The molecule has 5 heteroatoms. The minimum absolute atomic E-state index is 0.101. The number of carbonyl (C=O) groups is 1. The largest absolute Gasteiger partial charge is 0.340 e. The molecule has 0 saturated carbocycles. The molecule has 2 heterocycles. The van der Waals surface area contributed by atoms with Crippen LogP contribution in [0.2, 0.25) is 0 Å². The van der Waals surface area contributed by atoms with Crippen LogP contribution in [0.5, 0.6) is 0 Å². The molecule has 0 spiro atoms. The maximum atomic E-state index is 12.6. The summed E-state index contributed by atoms with van der Waals surface area (Å²) < 4.78 is 2.99. The quantitative estimate of drug-likeness (QED) is 0.823. The number of hydrogen-bond acceptors (Lipinski definition) is 2. The summed E-state index contributed by atoms with van der Waals surface area (Å²) in [5, 5.41) is 0. The fourth-order valence-corrected chi connectivity index (χ4v) is 3.08. The summed E-state index contributed by atoms with van der Waals surface area (Å²) in [7, 11) is 1.89. The molecule has 0 unspecified atom stereocenters. The molecule has 0 radical (unpaired) electrons. The second-order valence-electron chi connectivity index (χ2n) is 5.82. The Hall–Kier alpha value is -0.810. The van der Waals surface area contributed by atoms with Crippen LogP contribution in [0.3, 0.4) is 0 Å². The second-order valence-corrected chi connectivity index (χ2v) is 6.74. The molecule has 1 aromatic heterocycles. The van der Waals surface area contributed by atoms with E-state index in [0.29, 0.717) is 0 Å². The standard InChI is InChI=1S/C15H24BrN3O/c1-12(2)19-11-13(16)10-14(19)15(20)17(3)8-9-18-6-4-5-7-18/h10-12H,4-9H2,1-3H3. The smallest absolute Gasteiger partial charge is 0.270 e. The molecule has 1 amide bonds. The van der Waals surface area contributed by atoms with Gasteiger partial charge in [-0.15, -0.1) is 0 Å². The Kier molecular flexibility index (Phi) is 5.27. The van der Waals surface area contributed by atoms with E-state index in [-0.39, 0.29) is 11.9 Å². The molecule has 0 bridgehead atoms. The third-order valence-corrected chi connectivity index (χ3v) is 4.32.